The summed E-state index contributed by atoms with van der Waals surface area (Å²) >= 11 is 0. The van der Waals surface area contributed by atoms with Gasteiger partial charge in [-0.1, -0.05) is 24.3 Å². The molecule has 21 heavy (non-hydrogen) atoms. The second-order valence-corrected chi connectivity index (χ2v) is 5.03. The van der Waals surface area contributed by atoms with Crippen LogP contribution in [0.4, 0.5) is 0 Å². The van der Waals surface area contributed by atoms with E-state index in [9.17, 15) is 9.90 Å². The van der Waals surface area contributed by atoms with Gasteiger partial charge in [0.1, 0.15) is 12.3 Å². The minimum Gasteiger partial charge on any atom is -0.394 e. The number of aldehydes is 1. The van der Waals surface area contributed by atoms with E-state index in [2.05, 4.69) is 4.98 Å². The number of hydrogen-bond donors (Lipinski definition) is 2. The molecular weight excluding hydrogens is 272 g/mol. The fraction of sp³-hybridized carbons (Fsp3) is 0.333. The van der Waals surface area contributed by atoms with Gasteiger partial charge in [0.15, 0.2) is 6.29 Å². The fourth-order valence-electron chi connectivity index (χ4n) is 2.53. The molecule has 2 heterocycles. The van der Waals surface area contributed by atoms with Gasteiger partial charge in [0.25, 0.3) is 0 Å². The van der Waals surface area contributed by atoms with Gasteiger partial charge in [0, 0.05) is 23.7 Å². The Morgan fingerprint density at radius 2 is 2.24 bits per heavy atom. The number of imidazole rings is 1. The molecular formula is C15H16N2O4. The molecule has 1 aliphatic heterocycles. The highest BCUT2D eigenvalue weighted by Crippen LogP contribution is 2.30. The lowest BCUT2D eigenvalue weighted by atomic mass is 10.1. The van der Waals surface area contributed by atoms with Crippen molar-refractivity contribution < 1.29 is 19.7 Å². The second kappa shape index (κ2) is 5.77. The molecule has 1 saturated heterocycles. The Balaban J connectivity index is 1.86. The predicted molar refractivity (Wildman–Crippen MR) is 74.7 cm³/mol. The van der Waals surface area contributed by atoms with Crippen molar-refractivity contribution >= 4 is 6.29 Å². The van der Waals surface area contributed by atoms with E-state index >= 15 is 0 Å². The maximum Gasteiger partial charge on any atom is 0.150 e. The standard InChI is InChI=1S/C15H16N2O4/c18-7-10-3-1-2-4-11(10)12-6-17(9-16-12)15-5-13(20)14(8-19)21-15/h1-4,6-7,9,13-15,19-20H,5,8H2/t13-,14+,15+/m0/s1. The van der Waals surface area contributed by atoms with Crippen molar-refractivity contribution in [3.63, 3.8) is 0 Å². The van der Waals surface area contributed by atoms with Crippen molar-refractivity contribution in [2.45, 2.75) is 24.9 Å². The Hall–Kier alpha value is -2.02. The lowest BCUT2D eigenvalue weighted by molar-refractivity contribution is -0.0443. The zero-order valence-electron chi connectivity index (χ0n) is 11.3. The first kappa shape index (κ1) is 13.9. The molecule has 1 aromatic heterocycles. The van der Waals surface area contributed by atoms with E-state index in [1.165, 1.54) is 0 Å². The number of benzene rings is 1. The minimum atomic E-state index is -0.687. The van der Waals surface area contributed by atoms with Gasteiger partial charge >= 0.3 is 0 Å². The van der Waals surface area contributed by atoms with Crippen LogP contribution in [0.15, 0.2) is 36.8 Å². The molecule has 0 aliphatic carbocycles. The van der Waals surface area contributed by atoms with Crippen LogP contribution in [-0.2, 0) is 4.74 Å². The van der Waals surface area contributed by atoms with Gasteiger partial charge in [0.2, 0.25) is 0 Å². The summed E-state index contributed by atoms with van der Waals surface area (Å²) in [5.74, 6) is 0. The highest BCUT2D eigenvalue weighted by molar-refractivity contribution is 5.86. The van der Waals surface area contributed by atoms with Crippen molar-refractivity contribution in [2.75, 3.05) is 6.61 Å². The quantitative estimate of drug-likeness (QED) is 0.820. The molecule has 1 fully saturated rings. The summed E-state index contributed by atoms with van der Waals surface area (Å²) in [6.07, 6.45) is 2.97. The van der Waals surface area contributed by atoms with Crippen molar-refractivity contribution in [1.29, 1.82) is 0 Å². The summed E-state index contributed by atoms with van der Waals surface area (Å²) in [7, 11) is 0. The van der Waals surface area contributed by atoms with Crippen LogP contribution < -0.4 is 0 Å². The smallest absolute Gasteiger partial charge is 0.150 e. The number of nitrogens with zero attached hydrogens (tertiary/aromatic N) is 2. The van der Waals surface area contributed by atoms with Crippen LogP contribution in [0.2, 0.25) is 0 Å². The molecule has 0 saturated carbocycles. The Labute approximate surface area is 121 Å². The van der Waals surface area contributed by atoms with Gasteiger partial charge in [-0.2, -0.15) is 0 Å². The van der Waals surface area contributed by atoms with Crippen molar-refractivity contribution in [1.82, 2.24) is 9.55 Å². The molecule has 0 radical (unpaired) electrons. The maximum absolute atomic E-state index is 11.1. The Kier molecular flexibility index (Phi) is 3.83. The van der Waals surface area contributed by atoms with E-state index in [1.807, 2.05) is 12.1 Å². The van der Waals surface area contributed by atoms with Crippen LogP contribution in [0.25, 0.3) is 11.3 Å². The molecule has 6 heteroatoms. The van der Waals surface area contributed by atoms with Crippen LogP contribution in [0, 0.1) is 0 Å². The number of hydrogen-bond acceptors (Lipinski definition) is 5. The number of rotatable bonds is 4. The van der Waals surface area contributed by atoms with E-state index < -0.39 is 12.2 Å². The third-order valence-corrected chi connectivity index (χ3v) is 3.68. The van der Waals surface area contributed by atoms with E-state index in [0.29, 0.717) is 17.7 Å². The van der Waals surface area contributed by atoms with Crippen LogP contribution >= 0.6 is 0 Å². The van der Waals surface area contributed by atoms with Gasteiger partial charge in [-0.25, -0.2) is 4.98 Å². The number of aliphatic hydroxyl groups is 2. The van der Waals surface area contributed by atoms with Gasteiger partial charge in [0.05, 0.1) is 24.7 Å². The van der Waals surface area contributed by atoms with Gasteiger partial charge < -0.3 is 19.5 Å². The molecule has 110 valence electrons. The predicted octanol–water partition coefficient (Wildman–Crippen LogP) is 1.00. The lowest BCUT2D eigenvalue weighted by Gasteiger charge is -2.12. The topological polar surface area (TPSA) is 84.6 Å². The Morgan fingerprint density at radius 3 is 2.95 bits per heavy atom. The average Bonchev–Trinajstić information content (AvgIpc) is 3.13. The number of carbonyl (C=O) groups excluding carboxylic acids is 1. The van der Waals surface area contributed by atoms with Crippen LogP contribution in [0.1, 0.15) is 23.0 Å². The zero-order chi connectivity index (χ0) is 14.8. The molecule has 1 aliphatic rings. The maximum atomic E-state index is 11.1. The summed E-state index contributed by atoms with van der Waals surface area (Å²) in [4.78, 5) is 15.4. The summed E-state index contributed by atoms with van der Waals surface area (Å²) in [5.41, 5.74) is 2.00. The SMILES string of the molecule is O=Cc1ccccc1-c1cn([C@H]2C[C@H](O)[C@@H](CO)O2)cn1. The Morgan fingerprint density at radius 1 is 1.43 bits per heavy atom. The highest BCUT2D eigenvalue weighted by Gasteiger charge is 2.34. The number of carbonyl (C=O) groups is 1. The number of ether oxygens (including phenoxy) is 1. The van der Waals surface area contributed by atoms with Crippen LogP contribution in [0.3, 0.4) is 0 Å². The van der Waals surface area contributed by atoms with Gasteiger partial charge in [-0.05, 0) is 0 Å². The van der Waals surface area contributed by atoms with E-state index in [-0.39, 0.29) is 12.8 Å². The first-order chi connectivity index (χ1) is 10.2. The molecule has 0 bridgehead atoms. The first-order valence-electron chi connectivity index (χ1n) is 6.75. The van der Waals surface area contributed by atoms with Gasteiger partial charge in [-0.3, -0.25) is 4.79 Å². The lowest BCUT2D eigenvalue weighted by Crippen LogP contribution is -2.24. The van der Waals surface area contributed by atoms with Crippen molar-refractivity contribution in [2.24, 2.45) is 0 Å². The molecule has 3 rings (SSSR count). The molecule has 1 aromatic carbocycles. The molecule has 0 spiro atoms. The molecule has 2 N–H and O–H groups in total. The molecule has 2 aromatic rings. The summed E-state index contributed by atoms with van der Waals surface area (Å²) in [6, 6.07) is 7.21. The average molecular weight is 288 g/mol. The summed E-state index contributed by atoms with van der Waals surface area (Å²) < 4.78 is 7.31. The van der Waals surface area contributed by atoms with E-state index in [0.717, 1.165) is 11.8 Å². The third kappa shape index (κ3) is 2.61. The molecule has 0 amide bonds. The van der Waals surface area contributed by atoms with E-state index in [1.54, 1.807) is 29.2 Å². The summed E-state index contributed by atoms with van der Waals surface area (Å²) in [5, 5.41) is 18.9. The Bertz CT molecular complexity index is 640. The molecule has 0 unspecified atom stereocenters. The monoisotopic (exact) mass is 288 g/mol. The normalized spacial score (nSPS) is 25.1. The first-order valence-corrected chi connectivity index (χ1v) is 6.75. The van der Waals surface area contributed by atoms with Crippen molar-refractivity contribution in [3.05, 3.63) is 42.4 Å². The van der Waals surface area contributed by atoms with Crippen molar-refractivity contribution in [3.8, 4) is 11.3 Å². The summed E-state index contributed by atoms with van der Waals surface area (Å²) in [6.45, 7) is -0.215. The van der Waals surface area contributed by atoms with Crippen LogP contribution in [0.5, 0.6) is 0 Å². The second-order valence-electron chi connectivity index (χ2n) is 5.03. The fourth-order valence-corrected chi connectivity index (χ4v) is 2.53. The largest absolute Gasteiger partial charge is 0.394 e. The minimum absolute atomic E-state index is 0.215. The zero-order valence-corrected chi connectivity index (χ0v) is 11.3. The van der Waals surface area contributed by atoms with Crippen LogP contribution in [-0.4, -0.2) is 44.9 Å². The molecule has 3 atom stereocenters. The number of aromatic nitrogens is 2. The van der Waals surface area contributed by atoms with Gasteiger partial charge in [-0.15, -0.1) is 0 Å². The molecule has 6 nitrogen and oxygen atoms in total. The number of aliphatic hydroxyl groups excluding tert-OH is 2. The highest BCUT2D eigenvalue weighted by atomic mass is 16.5. The third-order valence-electron chi connectivity index (χ3n) is 3.68. The van der Waals surface area contributed by atoms with E-state index in [4.69, 9.17) is 9.84 Å².